The number of benzene rings is 5. The highest BCUT2D eigenvalue weighted by molar-refractivity contribution is 9.10. The SMILES string of the molecule is BrCc1ncc2ccccc2n1.CC(=N)N.Cc1c(C(=O)N[C@H](C(=O)OCc2ncc3ccccc3n2)C(C)C)ccc2c1B(O)OC2.Cc1ncc2ccccc2n1.ClC(Cl)(Cl)Cl.NCc1ccccc1Br. The van der Waals surface area contributed by atoms with Crippen LogP contribution >= 0.6 is 78.3 Å². The Hall–Kier alpha value is -5.41. The number of aryl methyl sites for hydroxylation is 1. The highest BCUT2D eigenvalue weighted by Crippen LogP contribution is 2.30. The number of nitrogens with two attached hydrogens (primary N) is 2. The summed E-state index contributed by atoms with van der Waals surface area (Å²) in [5.41, 5.74) is 16.5. The van der Waals surface area contributed by atoms with Crippen LogP contribution in [0, 0.1) is 25.2 Å². The number of hydrogen-bond donors (Lipinski definition) is 5. The van der Waals surface area contributed by atoms with Crippen molar-refractivity contribution < 1.29 is 24.0 Å². The lowest BCUT2D eigenvalue weighted by Gasteiger charge is -2.21. The van der Waals surface area contributed by atoms with Gasteiger partial charge in [-0.1, -0.05) is 171 Å². The molecule has 5 aromatic carbocycles. The summed E-state index contributed by atoms with van der Waals surface area (Å²) in [7, 11) is -1.05. The second-order valence-corrected chi connectivity index (χ2v) is 20.8. The van der Waals surface area contributed by atoms with Gasteiger partial charge in [0.25, 0.3) is 9.16 Å². The molecule has 22 heteroatoms. The highest BCUT2D eigenvalue weighted by Gasteiger charge is 2.33. The minimum absolute atomic E-state index is 0.0931. The molecule has 7 N–H and O–H groups in total. The molecular weight excluding hydrogens is 1150 g/mol. The van der Waals surface area contributed by atoms with E-state index in [1.807, 2.05) is 130 Å². The van der Waals surface area contributed by atoms with Crippen LogP contribution in [0.3, 0.4) is 0 Å². The topological polar surface area (TPSA) is 238 Å². The number of alkyl halides is 5. The first kappa shape index (κ1) is 60.2. The number of amidine groups is 1. The molecule has 0 spiro atoms. The number of halogens is 6. The number of para-hydroxylation sites is 3. The van der Waals surface area contributed by atoms with Crippen LogP contribution in [-0.2, 0) is 39.3 Å². The summed E-state index contributed by atoms with van der Waals surface area (Å²) in [6.45, 7) is 9.64. The monoisotopic (exact) mass is 1190 g/mol. The second-order valence-electron chi connectivity index (χ2n) is 16.0. The number of hydrogen-bond acceptors (Lipinski definition) is 13. The van der Waals surface area contributed by atoms with Crippen molar-refractivity contribution in [2.45, 2.75) is 69.0 Å². The lowest BCUT2D eigenvalue weighted by Crippen LogP contribution is -2.46. The molecule has 73 heavy (non-hydrogen) atoms. The molecule has 1 amide bonds. The number of aromatic nitrogens is 6. The van der Waals surface area contributed by atoms with Crippen molar-refractivity contribution in [3.8, 4) is 0 Å². The summed E-state index contributed by atoms with van der Waals surface area (Å²) in [4.78, 5) is 51.2. The van der Waals surface area contributed by atoms with E-state index in [0.29, 0.717) is 40.9 Å². The molecule has 0 aliphatic carbocycles. The van der Waals surface area contributed by atoms with Crippen LogP contribution in [-0.4, -0.2) is 69.1 Å². The van der Waals surface area contributed by atoms with E-state index < -0.39 is 28.3 Å². The average Bonchev–Trinajstić information content (AvgIpc) is 3.75. The number of amides is 1. The van der Waals surface area contributed by atoms with Gasteiger partial charge in [0, 0.05) is 51.3 Å². The first-order valence-electron chi connectivity index (χ1n) is 22.2. The molecule has 9 rings (SSSR count). The molecule has 382 valence electrons. The van der Waals surface area contributed by atoms with E-state index in [0.717, 1.165) is 60.0 Å². The number of nitrogens with zero attached hydrogens (tertiary/aromatic N) is 6. The van der Waals surface area contributed by atoms with Crippen LogP contribution in [0.25, 0.3) is 32.7 Å². The maximum atomic E-state index is 12.9. The van der Waals surface area contributed by atoms with Crippen molar-refractivity contribution in [1.29, 1.82) is 5.41 Å². The minimum atomic E-state index is -1.61. The van der Waals surface area contributed by atoms with Gasteiger partial charge in [-0.15, -0.1) is 0 Å². The second kappa shape index (κ2) is 30.1. The van der Waals surface area contributed by atoms with Crippen LogP contribution in [0.4, 0.5) is 0 Å². The van der Waals surface area contributed by atoms with E-state index in [2.05, 4.69) is 67.1 Å². The zero-order valence-corrected chi connectivity index (χ0v) is 46.6. The molecule has 3 aromatic heterocycles. The zero-order chi connectivity index (χ0) is 53.7. The fourth-order valence-corrected chi connectivity index (χ4v) is 7.29. The third-order valence-electron chi connectivity index (χ3n) is 10.0. The summed E-state index contributed by atoms with van der Waals surface area (Å²) in [6, 6.07) is 34.0. The van der Waals surface area contributed by atoms with Crippen LogP contribution in [0.5, 0.6) is 0 Å². The van der Waals surface area contributed by atoms with Gasteiger partial charge in [0.15, 0.2) is 12.4 Å². The van der Waals surface area contributed by atoms with Crippen molar-refractivity contribution in [3.05, 3.63) is 172 Å². The molecule has 0 radical (unpaired) electrons. The Kier molecular flexibility index (Phi) is 24.8. The largest absolute Gasteiger partial charge is 0.492 e. The standard InChI is InChI=1S/C23H24BN3O5.C9H7BrN2.C9H8N2.C7H8BrN.C2H6N2.CCl4/c1-13(2)21(23(29)31-12-19-25-10-15-6-4-5-7-18(15)26-19)27-22(28)17-9-8-16-11-32-24(30)20(16)14(17)3;10-5-9-11-6-7-3-1-2-4-8(7)12-9;1-7-10-6-8-4-2-3-5-9(8)11-7;8-7-4-2-1-3-6(7)5-9;1-2(3)4;2-1(3,4)5/h4-10,13,21,30H,11-12H2,1-3H3,(H,27,28);1-4,6H,5H2;2-6H,1H3;1-4H,5,9H2;1H3,(H3,3,4);/t21-;;;;;/m0...../s1. The Labute approximate surface area is 461 Å². The maximum Gasteiger partial charge on any atom is 0.492 e. The quantitative estimate of drug-likeness (QED) is 0.0313. The third kappa shape index (κ3) is 20.4. The van der Waals surface area contributed by atoms with E-state index in [1.54, 1.807) is 25.3 Å². The summed E-state index contributed by atoms with van der Waals surface area (Å²) in [6.07, 6.45) is 5.37. The normalized spacial score (nSPS) is 11.7. The average molecular weight is 1200 g/mol. The fraction of sp³-hybridized carbons (Fsp3) is 0.235. The third-order valence-corrected chi connectivity index (χ3v) is 11.3. The first-order valence-corrected chi connectivity index (χ1v) is 25.7. The molecule has 1 atom stereocenters. The van der Waals surface area contributed by atoms with E-state index in [9.17, 15) is 14.6 Å². The molecule has 0 fully saturated rings. The van der Waals surface area contributed by atoms with Gasteiger partial charge in [0.2, 0.25) is 0 Å². The Balaban J connectivity index is 0.000000228. The molecule has 1 aliphatic heterocycles. The Morgan fingerprint density at radius 3 is 1.79 bits per heavy atom. The summed E-state index contributed by atoms with van der Waals surface area (Å²) in [5.74, 6) is 1.02. The Bertz CT molecular complexity index is 3100. The molecule has 0 saturated carbocycles. The van der Waals surface area contributed by atoms with Crippen molar-refractivity contribution in [3.63, 3.8) is 0 Å². The zero-order valence-electron chi connectivity index (χ0n) is 40.4. The number of ether oxygens (including phenoxy) is 1. The summed E-state index contributed by atoms with van der Waals surface area (Å²) < 4.78 is 10.1. The molecule has 4 heterocycles. The minimum Gasteiger partial charge on any atom is -0.456 e. The van der Waals surface area contributed by atoms with E-state index >= 15 is 0 Å². The van der Waals surface area contributed by atoms with Crippen LogP contribution < -0.4 is 22.2 Å². The number of rotatable bonds is 8. The van der Waals surface area contributed by atoms with Gasteiger partial charge < -0.3 is 31.2 Å². The molecule has 0 unspecified atom stereocenters. The highest BCUT2D eigenvalue weighted by atomic mass is 79.9. The fourth-order valence-electron chi connectivity index (χ4n) is 6.58. The van der Waals surface area contributed by atoms with Gasteiger partial charge in [0.1, 0.15) is 17.7 Å². The predicted molar refractivity (Wildman–Crippen MR) is 301 cm³/mol. The van der Waals surface area contributed by atoms with Crippen LogP contribution in [0.15, 0.2) is 132 Å². The van der Waals surface area contributed by atoms with Crippen LogP contribution in [0.2, 0.25) is 0 Å². The molecule has 15 nitrogen and oxygen atoms in total. The number of nitrogens with one attached hydrogen (secondary N) is 2. The number of esters is 1. The lowest BCUT2D eigenvalue weighted by atomic mass is 9.75. The van der Waals surface area contributed by atoms with Crippen molar-refractivity contribution >= 4 is 141 Å². The first-order chi connectivity index (χ1) is 34.7. The number of carbonyl (C=O) groups is 2. The summed E-state index contributed by atoms with van der Waals surface area (Å²) >= 11 is 26.0. The van der Waals surface area contributed by atoms with Crippen molar-refractivity contribution in [1.82, 2.24) is 35.2 Å². The van der Waals surface area contributed by atoms with Gasteiger partial charge in [-0.05, 0) is 79.2 Å². The van der Waals surface area contributed by atoms with Gasteiger partial charge in [-0.2, -0.15) is 0 Å². The van der Waals surface area contributed by atoms with Gasteiger partial charge in [-0.3, -0.25) is 10.2 Å². The van der Waals surface area contributed by atoms with Crippen LogP contribution in [0.1, 0.15) is 65.3 Å². The smallest absolute Gasteiger partial charge is 0.456 e. The molecule has 0 bridgehead atoms. The van der Waals surface area contributed by atoms with Crippen molar-refractivity contribution in [2.24, 2.45) is 17.4 Å². The number of carbonyl (C=O) groups excluding carboxylic acids is 2. The lowest BCUT2D eigenvalue weighted by molar-refractivity contribution is -0.148. The van der Waals surface area contributed by atoms with E-state index in [1.165, 1.54) is 6.92 Å². The molecule has 8 aromatic rings. The predicted octanol–water partition coefficient (Wildman–Crippen LogP) is 10.5. The van der Waals surface area contributed by atoms with E-state index in [-0.39, 0.29) is 18.4 Å². The molecule has 0 saturated heterocycles. The van der Waals surface area contributed by atoms with Gasteiger partial charge >= 0.3 is 13.1 Å². The summed E-state index contributed by atoms with van der Waals surface area (Å²) in [5, 5.41) is 22.9. The Morgan fingerprint density at radius 2 is 1.29 bits per heavy atom. The van der Waals surface area contributed by atoms with E-state index in [4.69, 9.17) is 72.7 Å². The maximum absolute atomic E-state index is 12.9. The molecule has 1 aliphatic rings. The molecular formula is C51H53BBr2Cl4N10O5. The van der Waals surface area contributed by atoms with Gasteiger partial charge in [0.05, 0.1) is 34.3 Å². The van der Waals surface area contributed by atoms with Gasteiger partial charge in [-0.25, -0.2) is 34.7 Å². The van der Waals surface area contributed by atoms with Crippen molar-refractivity contribution in [2.75, 3.05) is 0 Å². The number of fused-ring (bicyclic) bond motifs is 4. The Morgan fingerprint density at radius 1 is 0.808 bits per heavy atom.